The SMILES string of the molecule is Cc1cc(C(=O)OCC(=O)N[C@H](c2ccc3c(c2)OCCO3)C(C)C)c(C)n1C1CC1. The second-order valence-corrected chi connectivity index (χ2v) is 8.65. The van der Waals surface area contributed by atoms with E-state index in [1.807, 2.05) is 52.0 Å². The van der Waals surface area contributed by atoms with E-state index in [2.05, 4.69) is 9.88 Å². The lowest BCUT2D eigenvalue weighted by Gasteiger charge is -2.25. The summed E-state index contributed by atoms with van der Waals surface area (Å²) < 4.78 is 18.8. The van der Waals surface area contributed by atoms with E-state index in [1.165, 1.54) is 0 Å². The normalized spacial score (nSPS) is 16.2. The molecule has 2 heterocycles. The largest absolute Gasteiger partial charge is 0.486 e. The molecule has 1 atom stereocenters. The number of nitrogens with one attached hydrogen (secondary N) is 1. The molecule has 7 heteroatoms. The fourth-order valence-electron chi connectivity index (χ4n) is 4.19. The van der Waals surface area contributed by atoms with Crippen LogP contribution in [-0.4, -0.2) is 36.3 Å². The highest BCUT2D eigenvalue weighted by atomic mass is 16.6. The minimum absolute atomic E-state index is 0.139. The van der Waals surface area contributed by atoms with Crippen LogP contribution in [0.3, 0.4) is 0 Å². The minimum Gasteiger partial charge on any atom is -0.486 e. The first-order chi connectivity index (χ1) is 14.8. The summed E-state index contributed by atoms with van der Waals surface area (Å²) >= 11 is 0. The number of hydrogen-bond donors (Lipinski definition) is 1. The monoisotopic (exact) mass is 426 g/mol. The molecule has 4 rings (SSSR count). The van der Waals surface area contributed by atoms with Crippen LogP contribution in [0.4, 0.5) is 0 Å². The number of nitrogens with zero attached hydrogens (tertiary/aromatic N) is 1. The molecule has 1 aliphatic heterocycles. The highest BCUT2D eigenvalue weighted by molar-refractivity contribution is 5.92. The fraction of sp³-hybridized carbons (Fsp3) is 0.500. The minimum atomic E-state index is -0.462. The van der Waals surface area contributed by atoms with E-state index in [0.717, 1.165) is 29.8 Å². The van der Waals surface area contributed by atoms with Gasteiger partial charge in [-0.25, -0.2) is 4.79 Å². The smallest absolute Gasteiger partial charge is 0.340 e. The van der Waals surface area contributed by atoms with Gasteiger partial charge in [0.15, 0.2) is 18.1 Å². The van der Waals surface area contributed by atoms with Crippen molar-refractivity contribution >= 4 is 11.9 Å². The molecule has 0 saturated heterocycles. The van der Waals surface area contributed by atoms with Crippen LogP contribution in [0.2, 0.25) is 0 Å². The Kier molecular flexibility index (Phi) is 5.94. The van der Waals surface area contributed by atoms with Gasteiger partial charge in [-0.3, -0.25) is 4.79 Å². The number of carbonyl (C=O) groups is 2. The summed E-state index contributed by atoms with van der Waals surface area (Å²) in [5.74, 6) is 0.732. The molecular formula is C24H30N2O5. The summed E-state index contributed by atoms with van der Waals surface area (Å²) in [6.45, 7) is 8.70. The summed E-state index contributed by atoms with van der Waals surface area (Å²) in [6.07, 6.45) is 2.29. The number of benzene rings is 1. The van der Waals surface area contributed by atoms with Crippen LogP contribution in [0, 0.1) is 19.8 Å². The number of aromatic nitrogens is 1. The van der Waals surface area contributed by atoms with E-state index >= 15 is 0 Å². The first-order valence-corrected chi connectivity index (χ1v) is 10.9. The van der Waals surface area contributed by atoms with E-state index in [9.17, 15) is 9.59 Å². The number of carbonyl (C=O) groups excluding carboxylic acids is 2. The van der Waals surface area contributed by atoms with E-state index < -0.39 is 5.97 Å². The van der Waals surface area contributed by atoms with Crippen LogP contribution in [0.5, 0.6) is 11.5 Å². The average molecular weight is 427 g/mol. The Balaban J connectivity index is 1.39. The Labute approximate surface area is 182 Å². The molecular weight excluding hydrogens is 396 g/mol. The summed E-state index contributed by atoms with van der Waals surface area (Å²) in [5, 5.41) is 2.99. The maximum absolute atomic E-state index is 12.6. The second kappa shape index (κ2) is 8.65. The lowest BCUT2D eigenvalue weighted by Crippen LogP contribution is -2.35. The predicted molar refractivity (Wildman–Crippen MR) is 116 cm³/mol. The molecule has 1 aromatic carbocycles. The molecule has 0 unspecified atom stereocenters. The van der Waals surface area contributed by atoms with Gasteiger partial charge in [0.1, 0.15) is 13.2 Å². The van der Waals surface area contributed by atoms with E-state index in [1.54, 1.807) is 0 Å². The van der Waals surface area contributed by atoms with Gasteiger partial charge in [-0.2, -0.15) is 0 Å². The van der Waals surface area contributed by atoms with Crippen molar-refractivity contribution in [3.63, 3.8) is 0 Å². The van der Waals surface area contributed by atoms with Crippen LogP contribution in [0.15, 0.2) is 24.3 Å². The topological polar surface area (TPSA) is 78.8 Å². The molecule has 2 aliphatic rings. The molecule has 166 valence electrons. The first kappa shape index (κ1) is 21.3. The van der Waals surface area contributed by atoms with Gasteiger partial charge in [-0.15, -0.1) is 0 Å². The highest BCUT2D eigenvalue weighted by Gasteiger charge is 2.29. The van der Waals surface area contributed by atoms with E-state index in [-0.39, 0.29) is 24.5 Å². The summed E-state index contributed by atoms with van der Waals surface area (Å²) in [4.78, 5) is 25.2. The molecule has 7 nitrogen and oxygen atoms in total. The zero-order valence-electron chi connectivity index (χ0n) is 18.6. The van der Waals surface area contributed by atoms with Crippen molar-refractivity contribution < 1.29 is 23.8 Å². The lowest BCUT2D eigenvalue weighted by atomic mass is 9.95. The third-order valence-electron chi connectivity index (χ3n) is 5.86. The standard InChI is InChI=1S/C24H30N2O5/c1-14(2)23(17-5-8-20-21(12-17)30-10-9-29-20)25-22(27)13-31-24(28)19-11-15(3)26(16(19)4)18-6-7-18/h5,8,11-12,14,18,23H,6-7,9-10,13H2,1-4H3,(H,25,27)/t23-/m0/s1. The van der Waals surface area contributed by atoms with Gasteiger partial charge < -0.3 is 24.1 Å². The van der Waals surface area contributed by atoms with Crippen molar-refractivity contribution in [1.82, 2.24) is 9.88 Å². The second-order valence-electron chi connectivity index (χ2n) is 8.65. The highest BCUT2D eigenvalue weighted by Crippen LogP contribution is 2.38. The van der Waals surface area contributed by atoms with Gasteiger partial charge in [0.2, 0.25) is 0 Å². The van der Waals surface area contributed by atoms with Crippen LogP contribution in [0.1, 0.15) is 66.1 Å². The Bertz CT molecular complexity index is 990. The molecule has 1 aliphatic carbocycles. The predicted octanol–water partition coefficient (Wildman–Crippen LogP) is 3.88. The molecule has 1 fully saturated rings. The molecule has 1 amide bonds. The van der Waals surface area contributed by atoms with Crippen LogP contribution in [0.25, 0.3) is 0 Å². The maximum Gasteiger partial charge on any atom is 0.340 e. The van der Waals surface area contributed by atoms with Gasteiger partial charge in [0.25, 0.3) is 5.91 Å². The number of esters is 1. The maximum atomic E-state index is 12.6. The van der Waals surface area contributed by atoms with Gasteiger partial charge in [0, 0.05) is 17.4 Å². The molecule has 1 saturated carbocycles. The Morgan fingerprint density at radius 2 is 1.84 bits per heavy atom. The summed E-state index contributed by atoms with van der Waals surface area (Å²) in [7, 11) is 0. The van der Waals surface area contributed by atoms with E-state index in [0.29, 0.717) is 36.3 Å². The quantitative estimate of drug-likeness (QED) is 0.680. The van der Waals surface area contributed by atoms with Crippen molar-refractivity contribution in [3.05, 3.63) is 46.8 Å². The first-order valence-electron chi connectivity index (χ1n) is 10.9. The molecule has 1 aromatic heterocycles. The lowest BCUT2D eigenvalue weighted by molar-refractivity contribution is -0.125. The number of aryl methyl sites for hydroxylation is 1. The number of hydrogen-bond acceptors (Lipinski definition) is 5. The Morgan fingerprint density at radius 3 is 2.52 bits per heavy atom. The average Bonchev–Trinajstić information content (AvgIpc) is 3.54. The summed E-state index contributed by atoms with van der Waals surface area (Å²) in [6, 6.07) is 7.79. The van der Waals surface area contributed by atoms with Crippen LogP contribution in [-0.2, 0) is 9.53 Å². The number of rotatable bonds is 7. The summed E-state index contributed by atoms with van der Waals surface area (Å²) in [5.41, 5.74) is 3.41. The molecule has 0 bridgehead atoms. The van der Waals surface area contributed by atoms with E-state index in [4.69, 9.17) is 14.2 Å². The van der Waals surface area contributed by atoms with Gasteiger partial charge in [-0.1, -0.05) is 19.9 Å². The third kappa shape index (κ3) is 4.55. The number of amides is 1. The Morgan fingerprint density at radius 1 is 1.13 bits per heavy atom. The van der Waals surface area contributed by atoms with Crippen LogP contribution >= 0.6 is 0 Å². The van der Waals surface area contributed by atoms with Crippen molar-refractivity contribution in [3.8, 4) is 11.5 Å². The zero-order valence-corrected chi connectivity index (χ0v) is 18.6. The molecule has 0 radical (unpaired) electrons. The van der Waals surface area contributed by atoms with Crippen molar-refractivity contribution in [2.24, 2.45) is 5.92 Å². The molecule has 2 aromatic rings. The van der Waals surface area contributed by atoms with Crippen LogP contribution < -0.4 is 14.8 Å². The van der Waals surface area contributed by atoms with Gasteiger partial charge in [-0.05, 0) is 56.4 Å². The molecule has 1 N–H and O–H groups in total. The Hall–Kier alpha value is -2.96. The number of fused-ring (bicyclic) bond motifs is 1. The number of ether oxygens (including phenoxy) is 3. The molecule has 0 spiro atoms. The van der Waals surface area contributed by atoms with Crippen molar-refractivity contribution in [1.29, 1.82) is 0 Å². The fourth-order valence-corrected chi connectivity index (χ4v) is 4.19. The van der Waals surface area contributed by atoms with Crippen molar-refractivity contribution in [2.45, 2.75) is 52.6 Å². The van der Waals surface area contributed by atoms with Crippen molar-refractivity contribution in [2.75, 3.05) is 19.8 Å². The third-order valence-corrected chi connectivity index (χ3v) is 5.86. The zero-order chi connectivity index (χ0) is 22.1. The van der Waals surface area contributed by atoms with Gasteiger partial charge >= 0.3 is 5.97 Å². The van der Waals surface area contributed by atoms with Gasteiger partial charge in [0.05, 0.1) is 11.6 Å². The molecule has 31 heavy (non-hydrogen) atoms.